The maximum absolute atomic E-state index is 7.41. The average Bonchev–Trinajstić information content (AvgIpc) is 2.64. The second-order valence-electron chi connectivity index (χ2n) is 6.51. The van der Waals surface area contributed by atoms with Gasteiger partial charge in [0.1, 0.15) is 23.2 Å². The van der Waals surface area contributed by atoms with Gasteiger partial charge < -0.3 is 20.9 Å². The van der Waals surface area contributed by atoms with Crippen molar-refractivity contribution in [3.05, 3.63) is 59.7 Å². The summed E-state index contributed by atoms with van der Waals surface area (Å²) in [6, 6.07) is 14.6. The van der Waals surface area contributed by atoms with Crippen molar-refractivity contribution in [2.75, 3.05) is 0 Å². The summed E-state index contributed by atoms with van der Waals surface area (Å²) in [7, 11) is 0. The summed E-state index contributed by atoms with van der Waals surface area (Å²) in [5.74, 6) is 1.73. The molecule has 6 nitrogen and oxygen atoms in total. The van der Waals surface area contributed by atoms with Crippen molar-refractivity contribution in [2.24, 2.45) is 11.5 Å². The van der Waals surface area contributed by atoms with Crippen molar-refractivity contribution in [1.29, 1.82) is 10.8 Å². The summed E-state index contributed by atoms with van der Waals surface area (Å²) < 4.78 is 12.1. The fourth-order valence-corrected chi connectivity index (χ4v) is 3.08. The molecule has 1 aliphatic carbocycles. The zero-order chi connectivity index (χ0) is 18.5. The molecule has 0 unspecified atom stereocenters. The van der Waals surface area contributed by atoms with Gasteiger partial charge in [0, 0.05) is 11.1 Å². The monoisotopic (exact) mass is 352 g/mol. The number of hydrogen-bond donors (Lipinski definition) is 4. The highest BCUT2D eigenvalue weighted by molar-refractivity contribution is 5.95. The van der Waals surface area contributed by atoms with E-state index in [1.165, 1.54) is 0 Å². The minimum atomic E-state index is 0.0607. The first-order valence-electron chi connectivity index (χ1n) is 8.73. The van der Waals surface area contributed by atoms with Gasteiger partial charge in [-0.1, -0.05) is 0 Å². The number of rotatable bonds is 6. The van der Waals surface area contributed by atoms with Crippen LogP contribution in [0.5, 0.6) is 11.5 Å². The van der Waals surface area contributed by atoms with Crippen molar-refractivity contribution in [2.45, 2.75) is 37.9 Å². The van der Waals surface area contributed by atoms with E-state index < -0.39 is 0 Å². The molecule has 6 N–H and O–H groups in total. The summed E-state index contributed by atoms with van der Waals surface area (Å²) in [6.45, 7) is 0. The normalized spacial score (nSPS) is 19.5. The van der Waals surface area contributed by atoms with Crippen LogP contribution in [0.4, 0.5) is 0 Å². The zero-order valence-corrected chi connectivity index (χ0v) is 14.6. The van der Waals surface area contributed by atoms with E-state index in [2.05, 4.69) is 0 Å². The van der Waals surface area contributed by atoms with Crippen molar-refractivity contribution < 1.29 is 9.47 Å². The fraction of sp³-hybridized carbons (Fsp3) is 0.300. The highest BCUT2D eigenvalue weighted by Gasteiger charge is 2.23. The molecule has 1 fully saturated rings. The molecule has 0 spiro atoms. The maximum atomic E-state index is 7.41. The molecule has 0 radical (unpaired) electrons. The molecular weight excluding hydrogens is 328 g/mol. The Hall–Kier alpha value is -3.02. The Morgan fingerprint density at radius 2 is 0.962 bits per heavy atom. The second kappa shape index (κ2) is 7.91. The molecule has 0 atom stereocenters. The fourth-order valence-electron chi connectivity index (χ4n) is 3.08. The molecule has 1 saturated carbocycles. The van der Waals surface area contributed by atoms with E-state index in [9.17, 15) is 0 Å². The smallest absolute Gasteiger partial charge is 0.122 e. The minimum absolute atomic E-state index is 0.0607. The van der Waals surface area contributed by atoms with E-state index in [0.717, 1.165) is 37.2 Å². The van der Waals surface area contributed by atoms with Crippen LogP contribution in [-0.2, 0) is 0 Å². The molecule has 2 aromatic rings. The molecule has 0 amide bonds. The van der Waals surface area contributed by atoms with Gasteiger partial charge in [-0.15, -0.1) is 0 Å². The molecule has 0 aromatic heterocycles. The van der Waals surface area contributed by atoms with Crippen LogP contribution in [0.3, 0.4) is 0 Å². The van der Waals surface area contributed by atoms with Crippen LogP contribution in [0.1, 0.15) is 36.8 Å². The van der Waals surface area contributed by atoms with Crippen molar-refractivity contribution >= 4 is 11.7 Å². The number of amidine groups is 2. The highest BCUT2D eigenvalue weighted by atomic mass is 16.5. The SMILES string of the molecule is N=C(N)c1ccc(O[C@H]2CC[C@@H](Oc3ccc(C(=N)N)cc3)CC2)cc1. The lowest BCUT2D eigenvalue weighted by Gasteiger charge is -2.29. The van der Waals surface area contributed by atoms with Crippen LogP contribution in [0.15, 0.2) is 48.5 Å². The first-order valence-corrected chi connectivity index (χ1v) is 8.73. The Balaban J connectivity index is 1.47. The van der Waals surface area contributed by atoms with Gasteiger partial charge in [0.05, 0.1) is 12.2 Å². The van der Waals surface area contributed by atoms with E-state index in [-0.39, 0.29) is 23.9 Å². The maximum Gasteiger partial charge on any atom is 0.122 e. The quantitative estimate of drug-likeness (QED) is 0.472. The third kappa shape index (κ3) is 4.53. The summed E-state index contributed by atoms with van der Waals surface area (Å²) in [5, 5.41) is 14.8. The van der Waals surface area contributed by atoms with Gasteiger partial charge in [-0.05, 0) is 74.2 Å². The lowest BCUT2D eigenvalue weighted by Crippen LogP contribution is -2.30. The van der Waals surface area contributed by atoms with Gasteiger partial charge in [-0.3, -0.25) is 10.8 Å². The zero-order valence-electron chi connectivity index (χ0n) is 14.6. The van der Waals surface area contributed by atoms with Crippen LogP contribution < -0.4 is 20.9 Å². The molecule has 2 aromatic carbocycles. The third-order valence-electron chi connectivity index (χ3n) is 4.56. The third-order valence-corrected chi connectivity index (χ3v) is 4.56. The molecule has 136 valence electrons. The van der Waals surface area contributed by atoms with Crippen LogP contribution in [0.2, 0.25) is 0 Å². The Kier molecular flexibility index (Phi) is 5.41. The van der Waals surface area contributed by atoms with Crippen molar-refractivity contribution in [1.82, 2.24) is 0 Å². The van der Waals surface area contributed by atoms with Crippen LogP contribution in [0, 0.1) is 10.8 Å². The summed E-state index contributed by atoms with van der Waals surface area (Å²) in [5.41, 5.74) is 12.3. The van der Waals surface area contributed by atoms with Gasteiger partial charge in [0.15, 0.2) is 0 Å². The number of nitrogen functional groups attached to an aromatic ring is 2. The Bertz CT molecular complexity index is 696. The molecule has 3 rings (SSSR count). The van der Waals surface area contributed by atoms with Gasteiger partial charge in [-0.25, -0.2) is 0 Å². The van der Waals surface area contributed by atoms with E-state index in [0.29, 0.717) is 11.1 Å². The molecule has 26 heavy (non-hydrogen) atoms. The lowest BCUT2D eigenvalue weighted by molar-refractivity contribution is 0.0806. The first-order chi connectivity index (χ1) is 12.5. The van der Waals surface area contributed by atoms with Crippen molar-refractivity contribution in [3.8, 4) is 11.5 Å². The van der Waals surface area contributed by atoms with Gasteiger partial charge in [0.2, 0.25) is 0 Å². The summed E-state index contributed by atoms with van der Waals surface area (Å²) in [6.07, 6.45) is 4.10. The number of hydrogen-bond acceptors (Lipinski definition) is 4. The molecule has 0 heterocycles. The minimum Gasteiger partial charge on any atom is -0.490 e. The Morgan fingerprint density at radius 1 is 0.654 bits per heavy atom. The molecule has 0 saturated heterocycles. The molecule has 1 aliphatic rings. The lowest BCUT2D eigenvalue weighted by atomic mass is 9.95. The Morgan fingerprint density at radius 3 is 1.23 bits per heavy atom. The summed E-state index contributed by atoms with van der Waals surface area (Å²) in [4.78, 5) is 0. The average molecular weight is 352 g/mol. The van der Waals surface area contributed by atoms with E-state index in [1.54, 1.807) is 24.3 Å². The standard InChI is InChI=1S/C20H24N4O2/c21-19(22)13-1-5-15(6-2-13)25-17-9-11-18(12-10-17)26-16-7-3-14(4-8-16)20(23)24/h1-8,17-18H,9-12H2,(H3,21,22)(H3,23,24)/t17-,18+. The van der Waals surface area contributed by atoms with E-state index >= 15 is 0 Å². The number of benzene rings is 2. The van der Waals surface area contributed by atoms with E-state index in [4.69, 9.17) is 31.8 Å². The highest BCUT2D eigenvalue weighted by Crippen LogP contribution is 2.27. The first kappa shape index (κ1) is 17.8. The largest absolute Gasteiger partial charge is 0.490 e. The van der Waals surface area contributed by atoms with Crippen LogP contribution >= 0.6 is 0 Å². The predicted molar refractivity (Wildman–Crippen MR) is 102 cm³/mol. The predicted octanol–water partition coefficient (Wildman–Crippen LogP) is 3.02. The molecular formula is C20H24N4O2. The van der Waals surface area contributed by atoms with Gasteiger partial charge >= 0.3 is 0 Å². The van der Waals surface area contributed by atoms with Crippen molar-refractivity contribution in [3.63, 3.8) is 0 Å². The van der Waals surface area contributed by atoms with E-state index in [1.807, 2.05) is 24.3 Å². The molecule has 0 aliphatic heterocycles. The topological polar surface area (TPSA) is 118 Å². The number of nitrogens with two attached hydrogens (primary N) is 2. The Labute approximate surface area is 153 Å². The van der Waals surface area contributed by atoms with Crippen LogP contribution in [-0.4, -0.2) is 23.9 Å². The molecule has 0 bridgehead atoms. The van der Waals surface area contributed by atoms with Crippen LogP contribution in [0.25, 0.3) is 0 Å². The van der Waals surface area contributed by atoms with Gasteiger partial charge in [0.25, 0.3) is 0 Å². The van der Waals surface area contributed by atoms with Gasteiger partial charge in [-0.2, -0.15) is 0 Å². The second-order valence-corrected chi connectivity index (χ2v) is 6.51. The number of nitrogens with one attached hydrogen (secondary N) is 2. The summed E-state index contributed by atoms with van der Waals surface area (Å²) >= 11 is 0. The number of ether oxygens (including phenoxy) is 2. The molecule has 6 heteroatoms.